The largest absolute Gasteiger partial charge is 0.480 e. The van der Waals surface area contributed by atoms with Crippen LogP contribution in [0.25, 0.3) is 0 Å². The predicted molar refractivity (Wildman–Crippen MR) is 63.8 cm³/mol. The Morgan fingerprint density at radius 1 is 1.35 bits per heavy atom. The van der Waals surface area contributed by atoms with E-state index in [0.29, 0.717) is 6.07 Å². The molecule has 0 spiro atoms. The van der Waals surface area contributed by atoms with Gasteiger partial charge >= 0.3 is 5.97 Å². The number of aliphatic carboxylic acids is 1. The average molecular weight is 285 g/mol. The fourth-order valence-corrected chi connectivity index (χ4v) is 2.25. The molecule has 0 bridgehead atoms. The molecule has 1 heterocycles. The SMILES string of the molecule is O=C(O)[C@@H]1C[C@H](O)CN1C(=O)Cc1ccc(F)cc1F. The number of benzene rings is 1. The van der Waals surface area contributed by atoms with E-state index in [-0.39, 0.29) is 24.9 Å². The lowest BCUT2D eigenvalue weighted by Gasteiger charge is -2.21. The van der Waals surface area contributed by atoms with Crippen molar-refractivity contribution < 1.29 is 28.6 Å². The maximum atomic E-state index is 13.5. The van der Waals surface area contributed by atoms with Gasteiger partial charge in [0.2, 0.25) is 5.91 Å². The lowest BCUT2D eigenvalue weighted by molar-refractivity contribution is -0.148. The zero-order valence-corrected chi connectivity index (χ0v) is 10.4. The number of carboxylic acid groups (broad SMARTS) is 1. The summed E-state index contributed by atoms with van der Waals surface area (Å²) in [5.41, 5.74) is -0.0121. The molecule has 1 aromatic rings. The van der Waals surface area contributed by atoms with E-state index in [0.717, 1.165) is 17.0 Å². The summed E-state index contributed by atoms with van der Waals surface area (Å²) in [4.78, 5) is 24.0. The van der Waals surface area contributed by atoms with Gasteiger partial charge in [0.25, 0.3) is 0 Å². The van der Waals surface area contributed by atoms with Gasteiger partial charge in [-0.05, 0) is 11.6 Å². The van der Waals surface area contributed by atoms with Gasteiger partial charge < -0.3 is 15.1 Å². The van der Waals surface area contributed by atoms with Gasteiger partial charge in [-0.25, -0.2) is 13.6 Å². The van der Waals surface area contributed by atoms with Gasteiger partial charge in [-0.2, -0.15) is 0 Å². The third-order valence-electron chi connectivity index (χ3n) is 3.24. The van der Waals surface area contributed by atoms with Gasteiger partial charge in [-0.15, -0.1) is 0 Å². The Kier molecular flexibility index (Phi) is 3.99. The molecule has 1 aliphatic heterocycles. The van der Waals surface area contributed by atoms with Crippen molar-refractivity contribution in [2.45, 2.75) is 25.0 Å². The van der Waals surface area contributed by atoms with Crippen molar-refractivity contribution in [3.8, 4) is 0 Å². The summed E-state index contributed by atoms with van der Waals surface area (Å²) >= 11 is 0. The number of carboxylic acids is 1. The number of aliphatic hydroxyl groups excluding tert-OH is 1. The van der Waals surface area contributed by atoms with Crippen LogP contribution >= 0.6 is 0 Å². The number of hydrogen-bond acceptors (Lipinski definition) is 3. The van der Waals surface area contributed by atoms with E-state index in [4.69, 9.17) is 5.11 Å². The van der Waals surface area contributed by atoms with Crippen molar-refractivity contribution in [1.82, 2.24) is 4.90 Å². The van der Waals surface area contributed by atoms with Crippen molar-refractivity contribution in [2.75, 3.05) is 6.54 Å². The maximum Gasteiger partial charge on any atom is 0.326 e. The Bertz CT molecular complexity index is 549. The number of nitrogens with zero attached hydrogens (tertiary/aromatic N) is 1. The lowest BCUT2D eigenvalue weighted by Crippen LogP contribution is -2.41. The minimum atomic E-state index is -1.21. The molecular formula is C13H13F2NO4. The van der Waals surface area contributed by atoms with Crippen LogP contribution in [0.2, 0.25) is 0 Å². The summed E-state index contributed by atoms with van der Waals surface area (Å²) in [6.45, 7) is -0.0986. The number of halogens is 2. The van der Waals surface area contributed by atoms with Crippen molar-refractivity contribution in [2.24, 2.45) is 0 Å². The molecule has 1 amide bonds. The van der Waals surface area contributed by atoms with Crippen LogP contribution in [0.1, 0.15) is 12.0 Å². The number of amides is 1. The fraction of sp³-hybridized carbons (Fsp3) is 0.385. The molecule has 2 rings (SSSR count). The van der Waals surface area contributed by atoms with Gasteiger partial charge in [0.15, 0.2) is 0 Å². The zero-order chi connectivity index (χ0) is 14.9. The van der Waals surface area contributed by atoms with E-state index < -0.39 is 35.7 Å². The van der Waals surface area contributed by atoms with Crippen LogP contribution in [0.4, 0.5) is 8.78 Å². The summed E-state index contributed by atoms with van der Waals surface area (Å²) in [6.07, 6.45) is -1.33. The summed E-state index contributed by atoms with van der Waals surface area (Å²) < 4.78 is 26.2. The molecule has 0 aliphatic carbocycles. The molecular weight excluding hydrogens is 272 g/mol. The van der Waals surface area contributed by atoms with Crippen molar-refractivity contribution >= 4 is 11.9 Å². The third kappa shape index (κ3) is 2.93. The number of carbonyl (C=O) groups is 2. The quantitative estimate of drug-likeness (QED) is 0.850. The summed E-state index contributed by atoms with van der Waals surface area (Å²) in [7, 11) is 0. The van der Waals surface area contributed by atoms with Gasteiger partial charge in [0.05, 0.1) is 12.5 Å². The number of likely N-dealkylation sites (tertiary alicyclic amines) is 1. The predicted octanol–water partition coefficient (Wildman–Crippen LogP) is 0.554. The molecule has 2 N–H and O–H groups in total. The molecule has 0 aromatic heterocycles. The number of aliphatic hydroxyl groups is 1. The standard InChI is InChI=1S/C13H13F2NO4/c14-8-2-1-7(10(15)4-8)3-12(18)16-6-9(17)5-11(16)13(19)20/h1-2,4,9,11,17H,3,5-6H2,(H,19,20)/t9-,11-/m0/s1. The Morgan fingerprint density at radius 2 is 2.05 bits per heavy atom. The van der Waals surface area contributed by atoms with Crippen LogP contribution < -0.4 is 0 Å². The molecule has 0 saturated carbocycles. The van der Waals surface area contributed by atoms with Crippen molar-refractivity contribution in [1.29, 1.82) is 0 Å². The molecule has 0 radical (unpaired) electrons. The van der Waals surface area contributed by atoms with E-state index in [9.17, 15) is 23.5 Å². The normalized spacial score (nSPS) is 22.1. The summed E-state index contributed by atoms with van der Waals surface area (Å²) in [5, 5.41) is 18.4. The first-order valence-corrected chi connectivity index (χ1v) is 6.02. The molecule has 7 heteroatoms. The molecule has 1 aliphatic rings. The van der Waals surface area contributed by atoms with E-state index in [1.165, 1.54) is 0 Å². The smallest absolute Gasteiger partial charge is 0.326 e. The lowest BCUT2D eigenvalue weighted by atomic mass is 10.1. The molecule has 1 saturated heterocycles. The molecule has 108 valence electrons. The van der Waals surface area contributed by atoms with Gasteiger partial charge in [0, 0.05) is 19.0 Å². The van der Waals surface area contributed by atoms with Gasteiger partial charge in [-0.3, -0.25) is 4.79 Å². The first-order valence-electron chi connectivity index (χ1n) is 6.02. The molecule has 1 fully saturated rings. The minimum absolute atomic E-state index is 0.0121. The Morgan fingerprint density at radius 3 is 2.65 bits per heavy atom. The molecule has 5 nitrogen and oxygen atoms in total. The van der Waals surface area contributed by atoms with Crippen LogP contribution in [0.5, 0.6) is 0 Å². The highest BCUT2D eigenvalue weighted by atomic mass is 19.1. The highest BCUT2D eigenvalue weighted by Gasteiger charge is 2.38. The zero-order valence-electron chi connectivity index (χ0n) is 10.4. The molecule has 20 heavy (non-hydrogen) atoms. The van der Waals surface area contributed by atoms with Crippen LogP contribution in [-0.2, 0) is 16.0 Å². The Hall–Kier alpha value is -2.02. The topological polar surface area (TPSA) is 77.8 Å². The molecule has 2 atom stereocenters. The van der Waals surface area contributed by atoms with E-state index in [2.05, 4.69) is 0 Å². The van der Waals surface area contributed by atoms with E-state index in [1.54, 1.807) is 0 Å². The van der Waals surface area contributed by atoms with Crippen molar-refractivity contribution in [3.63, 3.8) is 0 Å². The number of β-amino-alcohol motifs (C(OH)–C–C–N with tert-alkyl or cyclic N) is 1. The van der Waals surface area contributed by atoms with E-state index in [1.807, 2.05) is 0 Å². The van der Waals surface area contributed by atoms with Crippen molar-refractivity contribution in [3.05, 3.63) is 35.4 Å². The van der Waals surface area contributed by atoms with Gasteiger partial charge in [0.1, 0.15) is 17.7 Å². The first kappa shape index (κ1) is 14.4. The van der Waals surface area contributed by atoms with Crippen LogP contribution in [0.15, 0.2) is 18.2 Å². The average Bonchev–Trinajstić information content (AvgIpc) is 2.75. The maximum absolute atomic E-state index is 13.5. The van der Waals surface area contributed by atoms with Crippen LogP contribution in [0.3, 0.4) is 0 Å². The van der Waals surface area contributed by atoms with Crippen LogP contribution in [-0.4, -0.2) is 45.7 Å². The highest BCUT2D eigenvalue weighted by Crippen LogP contribution is 2.20. The van der Waals surface area contributed by atoms with E-state index >= 15 is 0 Å². The summed E-state index contributed by atoms with van der Waals surface area (Å²) in [5.74, 6) is -3.43. The van der Waals surface area contributed by atoms with Crippen LogP contribution in [0, 0.1) is 11.6 Å². The number of carbonyl (C=O) groups excluding carboxylic acids is 1. The number of rotatable bonds is 3. The fourth-order valence-electron chi connectivity index (χ4n) is 2.25. The molecule has 0 unspecified atom stereocenters. The molecule has 1 aromatic carbocycles. The minimum Gasteiger partial charge on any atom is -0.480 e. The summed E-state index contributed by atoms with van der Waals surface area (Å²) in [6, 6.07) is 1.72. The second-order valence-electron chi connectivity index (χ2n) is 4.70. The first-order chi connectivity index (χ1) is 9.38. The second-order valence-corrected chi connectivity index (χ2v) is 4.70. The van der Waals surface area contributed by atoms with Gasteiger partial charge in [-0.1, -0.05) is 6.07 Å². The Balaban J connectivity index is 2.13. The monoisotopic (exact) mass is 285 g/mol. The third-order valence-corrected chi connectivity index (χ3v) is 3.24. The highest BCUT2D eigenvalue weighted by molar-refractivity contribution is 5.85. The second kappa shape index (κ2) is 5.54. The Labute approximate surface area is 113 Å². The number of hydrogen-bond donors (Lipinski definition) is 2.